The van der Waals surface area contributed by atoms with Crippen LogP contribution in [0.25, 0.3) is 11.0 Å². The van der Waals surface area contributed by atoms with Gasteiger partial charge in [-0.3, -0.25) is 4.90 Å². The summed E-state index contributed by atoms with van der Waals surface area (Å²) in [7, 11) is 2.15. The molecule has 0 spiro atoms. The first-order valence-corrected chi connectivity index (χ1v) is 8.56. The second-order valence-corrected chi connectivity index (χ2v) is 7.18. The molecular weight excluding hydrogens is 272 g/mol. The van der Waals surface area contributed by atoms with Crippen molar-refractivity contribution in [3.8, 4) is 0 Å². The lowest BCUT2D eigenvalue weighted by atomic mass is 10.1. The van der Waals surface area contributed by atoms with Crippen molar-refractivity contribution < 1.29 is 0 Å². The fourth-order valence-corrected chi connectivity index (χ4v) is 4.08. The Labute approximate surface area is 132 Å². The largest absolute Gasteiger partial charge is 0.331 e. The van der Waals surface area contributed by atoms with Crippen molar-refractivity contribution in [2.24, 2.45) is 7.05 Å². The average Bonchev–Trinajstić information content (AvgIpc) is 3.07. The quantitative estimate of drug-likeness (QED) is 0.925. The van der Waals surface area contributed by atoms with Crippen molar-refractivity contribution in [3.63, 3.8) is 0 Å². The van der Waals surface area contributed by atoms with Crippen molar-refractivity contribution in [2.75, 3.05) is 13.1 Å². The summed E-state index contributed by atoms with van der Waals surface area (Å²) in [5.74, 6) is 1.66. The number of rotatable bonds is 2. The molecule has 3 heterocycles. The van der Waals surface area contributed by atoms with Crippen LogP contribution in [0.4, 0.5) is 0 Å². The van der Waals surface area contributed by atoms with E-state index in [1.54, 1.807) is 0 Å². The van der Waals surface area contributed by atoms with Gasteiger partial charge >= 0.3 is 0 Å². The number of aryl methyl sites for hydroxylation is 1. The molecule has 0 aliphatic carbocycles. The lowest BCUT2D eigenvalue weighted by Crippen LogP contribution is -2.40. The second-order valence-electron chi connectivity index (χ2n) is 7.18. The first kappa shape index (κ1) is 14.2. The first-order valence-electron chi connectivity index (χ1n) is 8.56. The van der Waals surface area contributed by atoms with Gasteiger partial charge in [0.25, 0.3) is 0 Å². The van der Waals surface area contributed by atoms with E-state index in [2.05, 4.69) is 47.8 Å². The van der Waals surface area contributed by atoms with E-state index in [1.165, 1.54) is 48.4 Å². The number of hydrogen-bond donors (Lipinski definition) is 1. The molecule has 0 atom stereocenters. The van der Waals surface area contributed by atoms with Gasteiger partial charge in [-0.1, -0.05) is 13.8 Å². The Hall–Kier alpha value is -1.39. The van der Waals surface area contributed by atoms with E-state index in [9.17, 15) is 0 Å². The zero-order valence-electron chi connectivity index (χ0n) is 13.9. The molecule has 0 amide bonds. The maximum absolute atomic E-state index is 4.86. The number of nitrogens with zero attached hydrogens (tertiary/aromatic N) is 3. The van der Waals surface area contributed by atoms with E-state index >= 15 is 0 Å². The van der Waals surface area contributed by atoms with Crippen molar-refractivity contribution in [2.45, 2.75) is 51.7 Å². The highest BCUT2D eigenvalue weighted by Crippen LogP contribution is 2.31. The Kier molecular flexibility index (Phi) is 3.46. The third kappa shape index (κ3) is 2.25. The van der Waals surface area contributed by atoms with Crippen LogP contribution in [-0.4, -0.2) is 33.6 Å². The molecular formula is C18H26N4. The number of benzene rings is 1. The highest BCUT2D eigenvalue weighted by Gasteiger charge is 2.28. The number of piperidine rings is 1. The van der Waals surface area contributed by atoms with E-state index in [1.807, 2.05) is 0 Å². The first-order chi connectivity index (χ1) is 10.6. The molecule has 4 heteroatoms. The summed E-state index contributed by atoms with van der Waals surface area (Å²) >= 11 is 0. The zero-order valence-corrected chi connectivity index (χ0v) is 13.9. The molecule has 1 saturated heterocycles. The summed E-state index contributed by atoms with van der Waals surface area (Å²) in [5, 5.41) is 3.47. The van der Waals surface area contributed by atoms with Crippen LogP contribution in [0, 0.1) is 0 Å². The number of fused-ring (bicyclic) bond motifs is 2. The summed E-state index contributed by atoms with van der Waals surface area (Å²) in [4.78, 5) is 7.52. The third-order valence-electron chi connectivity index (χ3n) is 5.33. The Morgan fingerprint density at radius 2 is 1.82 bits per heavy atom. The van der Waals surface area contributed by atoms with Crippen molar-refractivity contribution >= 4 is 11.0 Å². The molecule has 118 valence electrons. The molecule has 1 N–H and O–H groups in total. The van der Waals surface area contributed by atoms with Crippen LogP contribution in [0.3, 0.4) is 0 Å². The molecule has 0 bridgehead atoms. The molecule has 2 aliphatic heterocycles. The molecule has 4 rings (SSSR count). The van der Waals surface area contributed by atoms with Gasteiger partial charge in [0.15, 0.2) is 0 Å². The zero-order chi connectivity index (χ0) is 15.3. The van der Waals surface area contributed by atoms with Crippen LogP contribution in [-0.2, 0) is 20.1 Å². The predicted octanol–water partition coefficient (Wildman–Crippen LogP) is 2.76. The number of hydrogen-bond acceptors (Lipinski definition) is 3. The minimum absolute atomic E-state index is 0.471. The molecule has 0 radical (unpaired) electrons. The summed E-state index contributed by atoms with van der Waals surface area (Å²) in [6.07, 6.45) is 2.56. The highest BCUT2D eigenvalue weighted by molar-refractivity contribution is 5.78. The molecule has 22 heavy (non-hydrogen) atoms. The SMILES string of the molecule is CC(C)c1nc2cc3c(cc2n1C)CN(C1CCNCC1)C3. The van der Waals surface area contributed by atoms with Crippen LogP contribution in [0.5, 0.6) is 0 Å². The molecule has 0 unspecified atom stereocenters. The second kappa shape index (κ2) is 5.36. The van der Waals surface area contributed by atoms with E-state index in [4.69, 9.17) is 4.98 Å². The summed E-state index contributed by atoms with van der Waals surface area (Å²) < 4.78 is 2.27. The van der Waals surface area contributed by atoms with Crippen molar-refractivity contribution in [3.05, 3.63) is 29.1 Å². The van der Waals surface area contributed by atoms with Gasteiger partial charge in [0.2, 0.25) is 0 Å². The Bertz CT molecular complexity index is 695. The normalized spacial score (nSPS) is 20.2. The molecule has 1 fully saturated rings. The van der Waals surface area contributed by atoms with Gasteiger partial charge in [-0.25, -0.2) is 4.98 Å². The van der Waals surface area contributed by atoms with Crippen LogP contribution in [0.2, 0.25) is 0 Å². The predicted molar refractivity (Wildman–Crippen MR) is 89.9 cm³/mol. The van der Waals surface area contributed by atoms with Gasteiger partial charge in [0.05, 0.1) is 11.0 Å². The van der Waals surface area contributed by atoms with E-state index < -0.39 is 0 Å². The summed E-state index contributed by atoms with van der Waals surface area (Å²) in [6.45, 7) is 8.97. The Balaban J connectivity index is 1.65. The third-order valence-corrected chi connectivity index (χ3v) is 5.33. The van der Waals surface area contributed by atoms with Crippen LogP contribution in [0.1, 0.15) is 49.6 Å². The smallest absolute Gasteiger partial charge is 0.112 e. The molecule has 0 saturated carbocycles. The van der Waals surface area contributed by atoms with Gasteiger partial charge in [0, 0.05) is 32.1 Å². The van der Waals surface area contributed by atoms with Gasteiger partial charge in [-0.2, -0.15) is 0 Å². The van der Waals surface area contributed by atoms with Gasteiger partial charge in [0.1, 0.15) is 5.82 Å². The minimum atomic E-state index is 0.471. The van der Waals surface area contributed by atoms with Crippen molar-refractivity contribution in [1.29, 1.82) is 0 Å². The van der Waals surface area contributed by atoms with Gasteiger partial charge < -0.3 is 9.88 Å². The van der Waals surface area contributed by atoms with Crippen molar-refractivity contribution in [1.82, 2.24) is 19.8 Å². The lowest BCUT2D eigenvalue weighted by Gasteiger charge is -2.31. The maximum atomic E-state index is 4.86. The van der Waals surface area contributed by atoms with E-state index in [0.717, 1.165) is 24.6 Å². The fourth-order valence-electron chi connectivity index (χ4n) is 4.08. The summed E-state index contributed by atoms with van der Waals surface area (Å²) in [6, 6.07) is 5.46. The molecule has 1 aromatic carbocycles. The molecule has 4 nitrogen and oxygen atoms in total. The standard InChI is InChI=1S/C18H26N4/c1-12(2)18-20-16-8-13-10-22(15-4-6-19-7-5-15)11-14(13)9-17(16)21(18)3/h8-9,12,15,19H,4-7,10-11H2,1-3H3. The van der Waals surface area contributed by atoms with Crippen LogP contribution < -0.4 is 5.32 Å². The molecule has 1 aromatic heterocycles. The lowest BCUT2D eigenvalue weighted by molar-refractivity contribution is 0.163. The fraction of sp³-hybridized carbons (Fsp3) is 0.611. The van der Waals surface area contributed by atoms with E-state index in [0.29, 0.717) is 5.92 Å². The van der Waals surface area contributed by atoms with E-state index in [-0.39, 0.29) is 0 Å². The number of aromatic nitrogens is 2. The van der Waals surface area contributed by atoms with Crippen LogP contribution in [0.15, 0.2) is 12.1 Å². The molecule has 2 aromatic rings. The average molecular weight is 298 g/mol. The highest BCUT2D eigenvalue weighted by atomic mass is 15.2. The van der Waals surface area contributed by atoms with Gasteiger partial charge in [-0.05, 0) is 49.2 Å². The Morgan fingerprint density at radius 1 is 1.14 bits per heavy atom. The monoisotopic (exact) mass is 298 g/mol. The maximum Gasteiger partial charge on any atom is 0.112 e. The van der Waals surface area contributed by atoms with Crippen LogP contribution >= 0.6 is 0 Å². The number of nitrogens with one attached hydrogen (secondary N) is 1. The van der Waals surface area contributed by atoms with Gasteiger partial charge in [-0.15, -0.1) is 0 Å². The minimum Gasteiger partial charge on any atom is -0.331 e. The summed E-state index contributed by atoms with van der Waals surface area (Å²) in [5.41, 5.74) is 5.44. The topological polar surface area (TPSA) is 33.1 Å². The Morgan fingerprint density at radius 3 is 2.50 bits per heavy atom. The molecule has 2 aliphatic rings. The number of imidazole rings is 1.